The van der Waals surface area contributed by atoms with Gasteiger partial charge in [-0.15, -0.1) is 11.3 Å². The van der Waals surface area contributed by atoms with Gasteiger partial charge in [-0.1, -0.05) is 30.3 Å². The second-order valence-electron chi connectivity index (χ2n) is 7.37. The molecule has 32 heavy (non-hydrogen) atoms. The van der Waals surface area contributed by atoms with Crippen LogP contribution in [0.3, 0.4) is 0 Å². The largest absolute Gasteiger partial charge is 0.497 e. The molecule has 1 amide bonds. The standard InChI is InChI=1S/C25H24N2O4S/c1-15-13-18(14-30-2)20-21(27-24(29)17-9-11-19(31-3)12-10-17)23(32-25(20)26-15)22(28)16-7-5-4-6-8-16/h4-13,22,28H,14H2,1-3H3,(H,27,29)/t22-/m0/s1. The summed E-state index contributed by atoms with van der Waals surface area (Å²) >= 11 is 1.37. The first kappa shape index (κ1) is 22.0. The van der Waals surface area contributed by atoms with Gasteiger partial charge in [0.25, 0.3) is 5.91 Å². The van der Waals surface area contributed by atoms with Crippen molar-refractivity contribution in [1.82, 2.24) is 4.98 Å². The monoisotopic (exact) mass is 448 g/mol. The van der Waals surface area contributed by atoms with Crippen molar-refractivity contribution in [3.63, 3.8) is 0 Å². The van der Waals surface area contributed by atoms with Gasteiger partial charge in [-0.3, -0.25) is 4.79 Å². The maximum absolute atomic E-state index is 13.1. The van der Waals surface area contributed by atoms with Crippen LogP contribution in [0.1, 0.15) is 38.2 Å². The Kier molecular flexibility index (Phi) is 6.50. The molecule has 1 atom stereocenters. The zero-order valence-corrected chi connectivity index (χ0v) is 18.9. The molecule has 0 spiro atoms. The molecule has 0 bridgehead atoms. The summed E-state index contributed by atoms with van der Waals surface area (Å²) in [5.74, 6) is 0.391. The van der Waals surface area contributed by atoms with E-state index in [2.05, 4.69) is 10.3 Å². The van der Waals surface area contributed by atoms with Gasteiger partial charge >= 0.3 is 0 Å². The van der Waals surface area contributed by atoms with Gasteiger partial charge in [0, 0.05) is 23.8 Å². The summed E-state index contributed by atoms with van der Waals surface area (Å²) in [4.78, 5) is 19.2. The molecule has 0 aliphatic heterocycles. The molecule has 0 saturated heterocycles. The van der Waals surface area contributed by atoms with Crippen LogP contribution in [0.2, 0.25) is 0 Å². The van der Waals surface area contributed by atoms with E-state index in [-0.39, 0.29) is 5.91 Å². The molecule has 4 rings (SSSR count). The molecule has 2 heterocycles. The van der Waals surface area contributed by atoms with E-state index >= 15 is 0 Å². The molecular formula is C25H24N2O4S. The highest BCUT2D eigenvalue weighted by molar-refractivity contribution is 7.19. The van der Waals surface area contributed by atoms with Crippen LogP contribution in [0, 0.1) is 6.92 Å². The van der Waals surface area contributed by atoms with Crippen molar-refractivity contribution < 1.29 is 19.4 Å². The number of aryl methyl sites for hydroxylation is 1. The highest BCUT2D eigenvalue weighted by Gasteiger charge is 2.25. The number of benzene rings is 2. The summed E-state index contributed by atoms with van der Waals surface area (Å²) < 4.78 is 10.6. The quantitative estimate of drug-likeness (QED) is 0.411. The smallest absolute Gasteiger partial charge is 0.255 e. The Balaban J connectivity index is 1.84. The molecule has 0 saturated carbocycles. The molecule has 4 aromatic rings. The Morgan fingerprint density at radius 3 is 2.50 bits per heavy atom. The molecule has 0 unspecified atom stereocenters. The average molecular weight is 449 g/mol. The molecule has 2 aromatic heterocycles. The van der Waals surface area contributed by atoms with Gasteiger partial charge in [0.2, 0.25) is 0 Å². The zero-order valence-electron chi connectivity index (χ0n) is 18.1. The van der Waals surface area contributed by atoms with E-state index in [4.69, 9.17) is 9.47 Å². The number of hydrogen-bond donors (Lipinski definition) is 2. The number of nitrogens with one attached hydrogen (secondary N) is 1. The number of amides is 1. The summed E-state index contributed by atoms with van der Waals surface area (Å²) in [6.45, 7) is 2.28. The van der Waals surface area contributed by atoms with Gasteiger partial charge in [-0.05, 0) is 48.4 Å². The summed E-state index contributed by atoms with van der Waals surface area (Å²) in [5.41, 5.74) is 3.53. The predicted molar refractivity (Wildman–Crippen MR) is 127 cm³/mol. The minimum absolute atomic E-state index is 0.280. The number of carbonyl (C=O) groups excluding carboxylic acids is 1. The first-order valence-corrected chi connectivity index (χ1v) is 10.9. The van der Waals surface area contributed by atoms with Gasteiger partial charge < -0.3 is 19.9 Å². The average Bonchev–Trinajstić information content (AvgIpc) is 3.17. The molecule has 0 radical (unpaired) electrons. The highest BCUT2D eigenvalue weighted by atomic mass is 32.1. The lowest BCUT2D eigenvalue weighted by molar-refractivity contribution is 0.102. The van der Waals surface area contributed by atoms with Crippen molar-refractivity contribution in [3.05, 3.63) is 87.9 Å². The number of pyridine rings is 1. The number of fused-ring (bicyclic) bond motifs is 1. The van der Waals surface area contributed by atoms with E-state index < -0.39 is 6.10 Å². The third kappa shape index (κ3) is 4.36. The molecule has 2 aromatic carbocycles. The lowest BCUT2D eigenvalue weighted by Crippen LogP contribution is -2.14. The SMILES string of the molecule is COCc1cc(C)nc2sc([C@@H](O)c3ccccc3)c(NC(=O)c3ccc(OC)cc3)c12. The molecular weight excluding hydrogens is 424 g/mol. The number of aliphatic hydroxyl groups is 1. The Morgan fingerprint density at radius 1 is 1.12 bits per heavy atom. The molecule has 7 heteroatoms. The van der Waals surface area contributed by atoms with Gasteiger partial charge in [0.05, 0.1) is 24.3 Å². The van der Waals surface area contributed by atoms with Crippen molar-refractivity contribution in [2.45, 2.75) is 19.6 Å². The number of aliphatic hydroxyl groups excluding tert-OH is 1. The second kappa shape index (κ2) is 9.48. The van der Waals surface area contributed by atoms with Crippen LogP contribution in [0.5, 0.6) is 5.75 Å². The summed E-state index contributed by atoms with van der Waals surface area (Å²) in [6, 6.07) is 18.2. The van der Waals surface area contributed by atoms with Crippen LogP contribution < -0.4 is 10.1 Å². The molecule has 0 aliphatic carbocycles. The number of ether oxygens (including phenoxy) is 2. The molecule has 164 valence electrons. The van der Waals surface area contributed by atoms with Gasteiger partial charge in [-0.25, -0.2) is 4.98 Å². The Hall–Kier alpha value is -3.26. The van der Waals surface area contributed by atoms with Gasteiger partial charge in [-0.2, -0.15) is 0 Å². The predicted octanol–water partition coefficient (Wildman–Crippen LogP) is 5.09. The summed E-state index contributed by atoms with van der Waals surface area (Å²) in [6.07, 6.45) is -0.905. The first-order valence-electron chi connectivity index (χ1n) is 10.1. The highest BCUT2D eigenvalue weighted by Crippen LogP contribution is 2.43. The van der Waals surface area contributed by atoms with E-state index in [1.54, 1.807) is 38.5 Å². The van der Waals surface area contributed by atoms with Gasteiger partial charge in [0.15, 0.2) is 0 Å². The van der Waals surface area contributed by atoms with Crippen molar-refractivity contribution in [1.29, 1.82) is 0 Å². The fraction of sp³-hybridized carbons (Fsp3) is 0.200. The number of nitrogens with zero attached hydrogens (tertiary/aromatic N) is 1. The van der Waals surface area contributed by atoms with Crippen LogP contribution >= 0.6 is 11.3 Å². The number of carbonyl (C=O) groups is 1. The van der Waals surface area contributed by atoms with Crippen LogP contribution in [0.15, 0.2) is 60.7 Å². The van der Waals surface area contributed by atoms with Crippen molar-refractivity contribution in [2.24, 2.45) is 0 Å². The molecule has 2 N–H and O–H groups in total. The number of thiophene rings is 1. The van der Waals surface area contributed by atoms with Crippen LogP contribution in [-0.4, -0.2) is 30.2 Å². The third-order valence-electron chi connectivity index (χ3n) is 5.15. The number of methoxy groups -OCH3 is 2. The Morgan fingerprint density at radius 2 is 1.84 bits per heavy atom. The summed E-state index contributed by atoms with van der Waals surface area (Å²) in [7, 11) is 3.21. The number of aromatic nitrogens is 1. The van der Waals surface area contributed by atoms with E-state index in [1.807, 2.05) is 43.3 Å². The van der Waals surface area contributed by atoms with Crippen molar-refractivity contribution in [2.75, 3.05) is 19.5 Å². The normalized spacial score (nSPS) is 12.0. The van der Waals surface area contributed by atoms with Crippen LogP contribution in [0.25, 0.3) is 10.2 Å². The first-order chi connectivity index (χ1) is 15.5. The van der Waals surface area contributed by atoms with E-state index in [9.17, 15) is 9.90 Å². The number of anilines is 1. The molecule has 6 nitrogen and oxygen atoms in total. The van der Waals surface area contributed by atoms with Gasteiger partial charge in [0.1, 0.15) is 16.7 Å². The second-order valence-corrected chi connectivity index (χ2v) is 8.40. The molecule has 0 fully saturated rings. The zero-order chi connectivity index (χ0) is 22.7. The lowest BCUT2D eigenvalue weighted by Gasteiger charge is -2.14. The van der Waals surface area contributed by atoms with Crippen molar-refractivity contribution in [3.8, 4) is 5.75 Å². The fourth-order valence-electron chi connectivity index (χ4n) is 3.63. The van der Waals surface area contributed by atoms with E-state index in [1.165, 1.54) is 11.3 Å². The molecule has 0 aliphatic rings. The number of hydrogen-bond acceptors (Lipinski definition) is 6. The third-order valence-corrected chi connectivity index (χ3v) is 6.29. The maximum Gasteiger partial charge on any atom is 0.255 e. The lowest BCUT2D eigenvalue weighted by atomic mass is 10.0. The maximum atomic E-state index is 13.1. The van der Waals surface area contributed by atoms with Crippen LogP contribution in [0.4, 0.5) is 5.69 Å². The minimum atomic E-state index is -0.905. The van der Waals surface area contributed by atoms with E-state index in [0.29, 0.717) is 28.5 Å². The topological polar surface area (TPSA) is 80.7 Å². The van der Waals surface area contributed by atoms with Crippen molar-refractivity contribution >= 4 is 33.1 Å². The minimum Gasteiger partial charge on any atom is -0.497 e. The summed E-state index contributed by atoms with van der Waals surface area (Å²) in [5, 5.41) is 15.0. The fourth-order valence-corrected chi connectivity index (χ4v) is 4.87. The van der Waals surface area contributed by atoms with Crippen LogP contribution in [-0.2, 0) is 11.3 Å². The Bertz CT molecular complexity index is 1240. The van der Waals surface area contributed by atoms with E-state index in [0.717, 1.165) is 27.0 Å². The number of rotatable bonds is 7. The Labute approximate surface area is 190 Å².